The summed E-state index contributed by atoms with van der Waals surface area (Å²) in [6.45, 7) is -0.0670. The molecule has 0 saturated heterocycles. The molecule has 0 aliphatic rings. The van der Waals surface area contributed by atoms with Gasteiger partial charge in [0.1, 0.15) is 6.61 Å². The second-order valence-corrected chi connectivity index (χ2v) is 3.18. The smallest absolute Gasteiger partial charge is 0.261 e. The quantitative estimate of drug-likeness (QED) is 0.712. The van der Waals surface area contributed by atoms with Crippen molar-refractivity contribution in [1.29, 1.82) is 0 Å². The van der Waals surface area contributed by atoms with Crippen molar-refractivity contribution in [3.63, 3.8) is 0 Å². The maximum Gasteiger partial charge on any atom is 0.261 e. The molecule has 7 heteroatoms. The largest absolute Gasteiger partial charge is 0.481 e. The molecule has 0 fully saturated rings. The first-order valence-corrected chi connectivity index (χ1v) is 5.03. The summed E-state index contributed by atoms with van der Waals surface area (Å²) in [5, 5.41) is 2.88. The van der Waals surface area contributed by atoms with Gasteiger partial charge in [0.15, 0.2) is 5.82 Å². The first-order chi connectivity index (χ1) is 8.13. The normalized spacial score (nSPS) is 10.6. The topological polar surface area (TPSA) is 69.4 Å². The van der Waals surface area contributed by atoms with Crippen LogP contribution in [-0.2, 0) is 4.74 Å². The monoisotopic (exact) mass is 247 g/mol. The van der Waals surface area contributed by atoms with E-state index < -0.39 is 13.0 Å². The second-order valence-electron chi connectivity index (χ2n) is 3.18. The number of aromatic nitrogens is 1. The average Bonchev–Trinajstić information content (AvgIpc) is 2.30. The molecule has 5 nitrogen and oxygen atoms in total. The van der Waals surface area contributed by atoms with E-state index in [2.05, 4.69) is 10.3 Å². The average molecular weight is 247 g/mol. The number of rotatable bonds is 7. The summed E-state index contributed by atoms with van der Waals surface area (Å²) < 4.78 is 33.1. The third-order valence-electron chi connectivity index (χ3n) is 1.89. The molecule has 1 rings (SSSR count). The zero-order valence-corrected chi connectivity index (χ0v) is 9.45. The van der Waals surface area contributed by atoms with Crippen molar-refractivity contribution < 1.29 is 18.3 Å². The molecule has 0 bridgehead atoms. The zero-order valence-electron chi connectivity index (χ0n) is 9.45. The summed E-state index contributed by atoms with van der Waals surface area (Å²) in [6.07, 6.45) is -2.45. The Hall–Kier alpha value is -1.63. The molecule has 0 saturated carbocycles. The van der Waals surface area contributed by atoms with Crippen LogP contribution in [-0.4, -0.2) is 38.3 Å². The van der Waals surface area contributed by atoms with Gasteiger partial charge in [-0.3, -0.25) is 0 Å². The van der Waals surface area contributed by atoms with Crippen LogP contribution in [0.4, 0.5) is 20.3 Å². The summed E-state index contributed by atoms with van der Waals surface area (Å²) >= 11 is 0. The number of anilines is 2. The van der Waals surface area contributed by atoms with Crippen LogP contribution in [0.2, 0.25) is 0 Å². The summed E-state index contributed by atoms with van der Waals surface area (Å²) in [4.78, 5) is 4.06. The van der Waals surface area contributed by atoms with E-state index in [9.17, 15) is 8.78 Å². The van der Waals surface area contributed by atoms with Gasteiger partial charge in [0, 0.05) is 12.6 Å². The van der Waals surface area contributed by atoms with Crippen molar-refractivity contribution in [3.05, 3.63) is 12.1 Å². The van der Waals surface area contributed by atoms with Gasteiger partial charge < -0.3 is 20.5 Å². The van der Waals surface area contributed by atoms with E-state index in [1.54, 1.807) is 12.1 Å². The van der Waals surface area contributed by atoms with Crippen molar-refractivity contribution in [2.24, 2.45) is 0 Å². The molecule has 96 valence electrons. The molecule has 3 N–H and O–H groups in total. The molecule has 0 unspecified atom stereocenters. The lowest BCUT2D eigenvalue weighted by Gasteiger charge is -2.09. The number of pyridine rings is 1. The molecule has 0 aliphatic carbocycles. The third kappa shape index (κ3) is 4.81. The molecule has 0 spiro atoms. The summed E-state index contributed by atoms with van der Waals surface area (Å²) in [6, 6.07) is 3.28. The van der Waals surface area contributed by atoms with Gasteiger partial charge >= 0.3 is 0 Å². The standard InChI is InChI=1S/C10H15F2N3O2/c1-16-9-3-2-7(13)10(15-9)14-4-5-17-6-8(11)12/h2-3,8H,4-6,13H2,1H3,(H,14,15). The molecule has 0 aromatic carbocycles. The Kier molecular flexibility index (Phi) is 5.41. The lowest BCUT2D eigenvalue weighted by Crippen LogP contribution is -2.14. The lowest BCUT2D eigenvalue weighted by molar-refractivity contribution is 0.0215. The van der Waals surface area contributed by atoms with Crippen LogP contribution in [0.3, 0.4) is 0 Å². The van der Waals surface area contributed by atoms with Gasteiger partial charge in [-0.1, -0.05) is 0 Å². The highest BCUT2D eigenvalue weighted by Crippen LogP contribution is 2.18. The van der Waals surface area contributed by atoms with Crippen LogP contribution in [0, 0.1) is 0 Å². The number of hydrogen-bond acceptors (Lipinski definition) is 5. The summed E-state index contributed by atoms with van der Waals surface area (Å²) in [5.74, 6) is 0.875. The van der Waals surface area contributed by atoms with Crippen LogP contribution in [0.5, 0.6) is 5.88 Å². The fraction of sp³-hybridized carbons (Fsp3) is 0.500. The number of alkyl halides is 2. The Morgan fingerprint density at radius 2 is 2.24 bits per heavy atom. The number of halogens is 2. The maximum absolute atomic E-state index is 11.8. The van der Waals surface area contributed by atoms with E-state index in [0.29, 0.717) is 23.9 Å². The first kappa shape index (κ1) is 13.4. The van der Waals surface area contributed by atoms with E-state index >= 15 is 0 Å². The molecule has 0 atom stereocenters. The molecule has 1 aromatic heterocycles. The van der Waals surface area contributed by atoms with Gasteiger partial charge in [-0.15, -0.1) is 0 Å². The third-order valence-corrected chi connectivity index (χ3v) is 1.89. The van der Waals surface area contributed by atoms with Gasteiger partial charge in [0.2, 0.25) is 5.88 Å². The Bertz CT molecular complexity index is 350. The van der Waals surface area contributed by atoms with E-state index in [-0.39, 0.29) is 6.61 Å². The number of nitrogens with zero attached hydrogens (tertiary/aromatic N) is 1. The van der Waals surface area contributed by atoms with E-state index in [1.807, 2.05) is 0 Å². The molecular weight excluding hydrogens is 232 g/mol. The van der Waals surface area contributed by atoms with Crippen LogP contribution in [0.25, 0.3) is 0 Å². The van der Waals surface area contributed by atoms with Crippen molar-refractivity contribution in [2.45, 2.75) is 6.43 Å². The highest BCUT2D eigenvalue weighted by molar-refractivity contribution is 5.61. The molecule has 0 amide bonds. The molecule has 0 radical (unpaired) electrons. The summed E-state index contributed by atoms with van der Waals surface area (Å²) in [5.41, 5.74) is 6.12. The molecule has 0 aliphatic heterocycles. The van der Waals surface area contributed by atoms with Crippen molar-refractivity contribution in [2.75, 3.05) is 37.9 Å². The van der Waals surface area contributed by atoms with E-state index in [4.69, 9.17) is 15.2 Å². The number of hydrogen-bond donors (Lipinski definition) is 2. The molecular formula is C10H15F2N3O2. The highest BCUT2D eigenvalue weighted by atomic mass is 19.3. The Labute approximate surface area is 97.9 Å². The fourth-order valence-electron chi connectivity index (χ4n) is 1.12. The number of nitrogens with one attached hydrogen (secondary N) is 1. The predicted molar refractivity (Wildman–Crippen MR) is 60.5 cm³/mol. The van der Waals surface area contributed by atoms with Gasteiger partial charge in [-0.2, -0.15) is 4.98 Å². The highest BCUT2D eigenvalue weighted by Gasteiger charge is 2.04. The van der Waals surface area contributed by atoms with Gasteiger partial charge in [0.25, 0.3) is 6.43 Å². The van der Waals surface area contributed by atoms with Crippen molar-refractivity contribution in [3.8, 4) is 5.88 Å². The molecule has 1 aromatic rings. The molecule has 17 heavy (non-hydrogen) atoms. The number of methoxy groups -OCH3 is 1. The second kappa shape index (κ2) is 6.85. The Morgan fingerprint density at radius 3 is 2.88 bits per heavy atom. The van der Waals surface area contributed by atoms with Gasteiger partial charge in [-0.05, 0) is 6.07 Å². The van der Waals surface area contributed by atoms with Gasteiger partial charge in [0.05, 0.1) is 19.4 Å². The van der Waals surface area contributed by atoms with E-state index in [0.717, 1.165) is 0 Å². The minimum Gasteiger partial charge on any atom is -0.481 e. The van der Waals surface area contributed by atoms with Crippen molar-refractivity contribution in [1.82, 2.24) is 4.98 Å². The fourth-order valence-corrected chi connectivity index (χ4v) is 1.12. The van der Waals surface area contributed by atoms with E-state index in [1.165, 1.54) is 7.11 Å². The first-order valence-electron chi connectivity index (χ1n) is 5.03. The van der Waals surface area contributed by atoms with Gasteiger partial charge in [-0.25, -0.2) is 8.78 Å². The van der Waals surface area contributed by atoms with Crippen molar-refractivity contribution >= 4 is 11.5 Å². The van der Waals surface area contributed by atoms with Crippen LogP contribution < -0.4 is 15.8 Å². The Morgan fingerprint density at radius 1 is 1.47 bits per heavy atom. The van der Waals surface area contributed by atoms with Crippen LogP contribution in [0.1, 0.15) is 0 Å². The zero-order chi connectivity index (χ0) is 12.7. The number of nitrogen functional groups attached to an aromatic ring is 1. The molecule has 1 heterocycles. The predicted octanol–water partition coefficient (Wildman–Crippen LogP) is 1.37. The SMILES string of the molecule is COc1ccc(N)c(NCCOCC(F)F)n1. The summed E-state index contributed by atoms with van der Waals surface area (Å²) in [7, 11) is 1.49. The number of nitrogens with two attached hydrogens (primary N) is 1. The lowest BCUT2D eigenvalue weighted by atomic mass is 10.4. The Balaban J connectivity index is 2.35. The van der Waals surface area contributed by atoms with Crippen LogP contribution in [0.15, 0.2) is 12.1 Å². The minimum absolute atomic E-state index is 0.155. The minimum atomic E-state index is -2.45. The maximum atomic E-state index is 11.8. The van der Waals surface area contributed by atoms with Crippen LogP contribution >= 0.6 is 0 Å². The number of ether oxygens (including phenoxy) is 2.